The van der Waals surface area contributed by atoms with Gasteiger partial charge in [-0.05, 0) is 23.8 Å². The first kappa shape index (κ1) is 12.6. The van der Waals surface area contributed by atoms with Gasteiger partial charge in [-0.3, -0.25) is 4.68 Å². The molecular formula is C12H12BrClN2O. The van der Waals surface area contributed by atoms with Crippen molar-refractivity contribution >= 4 is 27.5 Å². The number of hydrogen-bond donors (Lipinski definition) is 1. The first-order chi connectivity index (χ1) is 8.08. The summed E-state index contributed by atoms with van der Waals surface area (Å²) in [4.78, 5) is 0. The summed E-state index contributed by atoms with van der Waals surface area (Å²) in [6.45, 7) is 0. The zero-order valence-electron chi connectivity index (χ0n) is 9.27. The lowest BCUT2D eigenvalue weighted by molar-refractivity contribution is 0.168. The van der Waals surface area contributed by atoms with Crippen molar-refractivity contribution in [3.63, 3.8) is 0 Å². The summed E-state index contributed by atoms with van der Waals surface area (Å²) in [6, 6.07) is 7.45. The van der Waals surface area contributed by atoms with Crippen LogP contribution in [-0.2, 0) is 13.5 Å². The van der Waals surface area contributed by atoms with Gasteiger partial charge in [0.25, 0.3) is 0 Å². The van der Waals surface area contributed by atoms with E-state index in [1.54, 1.807) is 16.9 Å². The van der Waals surface area contributed by atoms with Crippen molar-refractivity contribution in [2.45, 2.75) is 12.5 Å². The molecule has 0 aliphatic carbocycles. The van der Waals surface area contributed by atoms with Crippen LogP contribution in [-0.4, -0.2) is 14.9 Å². The van der Waals surface area contributed by atoms with E-state index in [1.165, 1.54) is 0 Å². The quantitative estimate of drug-likeness (QED) is 0.945. The lowest BCUT2D eigenvalue weighted by Gasteiger charge is -2.12. The summed E-state index contributed by atoms with van der Waals surface area (Å²) in [6.07, 6.45) is 1.55. The summed E-state index contributed by atoms with van der Waals surface area (Å²) < 4.78 is 2.60. The molecule has 0 fully saturated rings. The number of hydrogen-bond acceptors (Lipinski definition) is 2. The van der Waals surface area contributed by atoms with Gasteiger partial charge in [0, 0.05) is 29.2 Å². The number of nitrogens with zero attached hydrogens (tertiary/aromatic N) is 2. The van der Waals surface area contributed by atoms with Gasteiger partial charge in [0.1, 0.15) is 0 Å². The maximum atomic E-state index is 10.1. The van der Waals surface area contributed by atoms with Crippen molar-refractivity contribution in [3.05, 3.63) is 51.2 Å². The molecule has 0 spiro atoms. The Morgan fingerprint density at radius 2 is 2.24 bits per heavy atom. The molecule has 1 unspecified atom stereocenters. The van der Waals surface area contributed by atoms with E-state index in [2.05, 4.69) is 21.0 Å². The molecule has 3 nitrogen and oxygen atoms in total. The molecule has 5 heteroatoms. The third-order valence-electron chi connectivity index (χ3n) is 2.63. The second kappa shape index (κ2) is 5.21. The monoisotopic (exact) mass is 314 g/mol. The summed E-state index contributed by atoms with van der Waals surface area (Å²) in [5, 5.41) is 14.8. The number of halogens is 2. The Bertz CT molecular complexity index is 527. The van der Waals surface area contributed by atoms with Crippen LogP contribution in [0.3, 0.4) is 0 Å². The minimum absolute atomic E-state index is 0.478. The van der Waals surface area contributed by atoms with Gasteiger partial charge in [0.2, 0.25) is 0 Å². The normalized spacial score (nSPS) is 12.7. The molecule has 1 atom stereocenters. The number of aliphatic hydroxyl groups is 1. The van der Waals surface area contributed by atoms with Crippen molar-refractivity contribution in [2.24, 2.45) is 7.05 Å². The second-order valence-electron chi connectivity index (χ2n) is 3.84. The highest BCUT2D eigenvalue weighted by Gasteiger charge is 2.13. The van der Waals surface area contributed by atoms with Crippen LogP contribution in [0.5, 0.6) is 0 Å². The molecule has 0 bridgehead atoms. The van der Waals surface area contributed by atoms with Crippen molar-refractivity contribution in [3.8, 4) is 0 Å². The van der Waals surface area contributed by atoms with Crippen LogP contribution in [0.2, 0.25) is 5.02 Å². The molecule has 17 heavy (non-hydrogen) atoms. The van der Waals surface area contributed by atoms with E-state index in [9.17, 15) is 5.11 Å². The van der Waals surface area contributed by atoms with E-state index in [1.807, 2.05) is 25.2 Å². The van der Waals surface area contributed by atoms with E-state index in [0.717, 1.165) is 15.7 Å². The van der Waals surface area contributed by atoms with Crippen LogP contribution in [0.1, 0.15) is 17.4 Å². The summed E-state index contributed by atoms with van der Waals surface area (Å²) in [5.41, 5.74) is 1.70. The van der Waals surface area contributed by atoms with Gasteiger partial charge in [-0.25, -0.2) is 0 Å². The first-order valence-corrected chi connectivity index (χ1v) is 6.35. The van der Waals surface area contributed by atoms with Crippen LogP contribution in [0.25, 0.3) is 0 Å². The molecule has 0 aliphatic heterocycles. The largest absolute Gasteiger partial charge is 0.386 e. The maximum absolute atomic E-state index is 10.1. The highest BCUT2D eigenvalue weighted by molar-refractivity contribution is 9.10. The summed E-state index contributed by atoms with van der Waals surface area (Å²) in [7, 11) is 1.81. The van der Waals surface area contributed by atoms with Gasteiger partial charge >= 0.3 is 0 Å². The number of rotatable bonds is 3. The fraction of sp³-hybridized carbons (Fsp3) is 0.250. The SMILES string of the molecule is Cn1nccc1C(O)Cc1ccc(Br)cc1Cl. The van der Waals surface area contributed by atoms with Gasteiger partial charge < -0.3 is 5.11 Å². The molecule has 0 radical (unpaired) electrons. The molecule has 1 N–H and O–H groups in total. The Morgan fingerprint density at radius 1 is 1.47 bits per heavy atom. The van der Waals surface area contributed by atoms with Gasteiger partial charge in [0.05, 0.1) is 11.8 Å². The zero-order valence-corrected chi connectivity index (χ0v) is 11.6. The van der Waals surface area contributed by atoms with E-state index < -0.39 is 6.10 Å². The molecule has 90 valence electrons. The van der Waals surface area contributed by atoms with Crippen molar-refractivity contribution < 1.29 is 5.11 Å². The van der Waals surface area contributed by atoms with E-state index in [0.29, 0.717) is 11.4 Å². The fourth-order valence-electron chi connectivity index (χ4n) is 1.71. The van der Waals surface area contributed by atoms with E-state index in [4.69, 9.17) is 11.6 Å². The summed E-state index contributed by atoms with van der Waals surface area (Å²) in [5.74, 6) is 0. The third-order valence-corrected chi connectivity index (χ3v) is 3.47. The number of aromatic nitrogens is 2. The Labute approximate surface area is 113 Å². The maximum Gasteiger partial charge on any atom is 0.0997 e. The Hall–Kier alpha value is -0.840. The lowest BCUT2D eigenvalue weighted by Crippen LogP contribution is -2.08. The molecule has 1 aromatic carbocycles. The topological polar surface area (TPSA) is 38.0 Å². The van der Waals surface area contributed by atoms with E-state index >= 15 is 0 Å². The lowest BCUT2D eigenvalue weighted by atomic mass is 10.1. The summed E-state index contributed by atoms with van der Waals surface area (Å²) >= 11 is 9.46. The van der Waals surface area contributed by atoms with E-state index in [-0.39, 0.29) is 0 Å². The second-order valence-corrected chi connectivity index (χ2v) is 5.16. The zero-order chi connectivity index (χ0) is 12.4. The average Bonchev–Trinajstić information content (AvgIpc) is 2.68. The molecule has 0 aliphatic rings. The minimum atomic E-state index is -0.596. The molecule has 0 saturated heterocycles. The molecule has 1 heterocycles. The minimum Gasteiger partial charge on any atom is -0.386 e. The predicted molar refractivity (Wildman–Crippen MR) is 71.0 cm³/mol. The Morgan fingerprint density at radius 3 is 2.82 bits per heavy atom. The first-order valence-electron chi connectivity index (χ1n) is 5.18. The number of benzene rings is 1. The molecular weight excluding hydrogens is 304 g/mol. The molecule has 2 aromatic rings. The van der Waals surface area contributed by atoms with Crippen molar-refractivity contribution in [2.75, 3.05) is 0 Å². The molecule has 0 saturated carbocycles. The van der Waals surface area contributed by atoms with Crippen molar-refractivity contribution in [1.29, 1.82) is 0 Å². The third kappa shape index (κ3) is 2.89. The standard InChI is InChI=1S/C12H12BrClN2O/c1-16-11(4-5-15-16)12(17)6-8-2-3-9(13)7-10(8)14/h2-5,7,12,17H,6H2,1H3. The highest BCUT2D eigenvalue weighted by Crippen LogP contribution is 2.26. The number of aliphatic hydroxyl groups excluding tert-OH is 1. The highest BCUT2D eigenvalue weighted by atomic mass is 79.9. The fourth-order valence-corrected chi connectivity index (χ4v) is 2.46. The van der Waals surface area contributed by atoms with Crippen molar-refractivity contribution in [1.82, 2.24) is 9.78 Å². The molecule has 0 amide bonds. The Balaban J connectivity index is 2.19. The van der Waals surface area contributed by atoms with Gasteiger partial charge in [-0.15, -0.1) is 0 Å². The van der Waals surface area contributed by atoms with Crippen LogP contribution in [0.4, 0.5) is 0 Å². The van der Waals surface area contributed by atoms with Gasteiger partial charge in [-0.2, -0.15) is 5.10 Å². The van der Waals surface area contributed by atoms with Gasteiger partial charge in [-0.1, -0.05) is 33.6 Å². The van der Waals surface area contributed by atoms with Crippen LogP contribution in [0, 0.1) is 0 Å². The van der Waals surface area contributed by atoms with Crippen LogP contribution in [0.15, 0.2) is 34.9 Å². The molecule has 1 aromatic heterocycles. The van der Waals surface area contributed by atoms with Gasteiger partial charge in [0.15, 0.2) is 0 Å². The van der Waals surface area contributed by atoms with Crippen LogP contribution >= 0.6 is 27.5 Å². The average molecular weight is 316 g/mol. The number of aryl methyl sites for hydroxylation is 1. The Kier molecular flexibility index (Phi) is 3.86. The predicted octanol–water partition coefficient (Wildman–Crippen LogP) is 3.11. The molecule has 2 rings (SSSR count). The van der Waals surface area contributed by atoms with Crippen LogP contribution < -0.4 is 0 Å². The smallest absolute Gasteiger partial charge is 0.0997 e.